The third-order valence-corrected chi connectivity index (χ3v) is 3.86. The van der Waals surface area contributed by atoms with Gasteiger partial charge in [-0.2, -0.15) is 0 Å². The van der Waals surface area contributed by atoms with Crippen LogP contribution in [0.2, 0.25) is 10.0 Å². The number of halogens is 2. The minimum Gasteiger partial charge on any atom is -0.290 e. The van der Waals surface area contributed by atoms with Crippen LogP contribution in [0.3, 0.4) is 0 Å². The average molecular weight is 330 g/mol. The van der Waals surface area contributed by atoms with Crippen molar-refractivity contribution in [2.24, 2.45) is 0 Å². The first kappa shape index (κ1) is 13.3. The monoisotopic (exact) mass is 329 g/mol. The van der Waals surface area contributed by atoms with Crippen LogP contribution in [0, 0.1) is 0 Å². The van der Waals surface area contributed by atoms with Gasteiger partial charge in [-0.15, -0.1) is 10.2 Å². The number of rotatable bonds is 2. The molecule has 0 saturated carbocycles. The maximum Gasteiger partial charge on any atom is 0.201 e. The number of pyridine rings is 1. The number of aromatic nitrogens is 5. The Kier molecular flexibility index (Phi) is 3.10. The van der Waals surface area contributed by atoms with Crippen LogP contribution in [-0.4, -0.2) is 24.8 Å². The first-order chi connectivity index (χ1) is 10.7. The molecule has 0 unspecified atom stereocenters. The normalized spacial score (nSPS) is 11.2. The molecule has 0 spiro atoms. The highest BCUT2D eigenvalue weighted by molar-refractivity contribution is 6.36. The third-order valence-electron chi connectivity index (χ3n) is 3.31. The van der Waals surface area contributed by atoms with E-state index >= 15 is 0 Å². The fourth-order valence-corrected chi connectivity index (χ4v) is 2.80. The molecule has 0 aliphatic rings. The van der Waals surface area contributed by atoms with Crippen molar-refractivity contribution in [3.63, 3.8) is 0 Å². The standard InChI is InChI=1S/C15H9Cl2N5/c16-9-4-5-10(11(17)7-9)13-8-14-19-20-15(22(14)21-13)12-3-1-2-6-18-12/h1-8,21H. The van der Waals surface area contributed by atoms with Gasteiger partial charge >= 0.3 is 0 Å². The highest BCUT2D eigenvalue weighted by Crippen LogP contribution is 2.30. The van der Waals surface area contributed by atoms with Gasteiger partial charge in [-0.05, 0) is 30.3 Å². The Morgan fingerprint density at radius 3 is 2.68 bits per heavy atom. The minimum atomic E-state index is 0.573. The van der Waals surface area contributed by atoms with Gasteiger partial charge in [0.1, 0.15) is 5.69 Å². The van der Waals surface area contributed by atoms with Crippen LogP contribution in [0.15, 0.2) is 48.7 Å². The average Bonchev–Trinajstić information content (AvgIpc) is 3.08. The van der Waals surface area contributed by atoms with Crippen LogP contribution in [-0.2, 0) is 0 Å². The summed E-state index contributed by atoms with van der Waals surface area (Å²) in [6, 6.07) is 12.9. The lowest BCUT2D eigenvalue weighted by atomic mass is 10.1. The molecular formula is C15H9Cl2N5. The van der Waals surface area contributed by atoms with Crippen LogP contribution in [0.5, 0.6) is 0 Å². The second-order valence-electron chi connectivity index (χ2n) is 4.73. The van der Waals surface area contributed by atoms with Crippen molar-refractivity contribution in [2.45, 2.75) is 0 Å². The van der Waals surface area contributed by atoms with E-state index in [0.717, 1.165) is 17.0 Å². The zero-order valence-electron chi connectivity index (χ0n) is 11.2. The summed E-state index contributed by atoms with van der Waals surface area (Å²) in [5.74, 6) is 0.645. The molecule has 0 fully saturated rings. The summed E-state index contributed by atoms with van der Waals surface area (Å²) >= 11 is 12.2. The summed E-state index contributed by atoms with van der Waals surface area (Å²) in [6.45, 7) is 0. The third kappa shape index (κ3) is 2.15. The molecule has 0 aliphatic carbocycles. The predicted octanol–water partition coefficient (Wildman–Crippen LogP) is 4.09. The maximum absolute atomic E-state index is 6.25. The zero-order valence-corrected chi connectivity index (χ0v) is 12.7. The molecule has 5 nitrogen and oxygen atoms in total. The van der Waals surface area contributed by atoms with Gasteiger partial charge in [0.25, 0.3) is 0 Å². The quantitative estimate of drug-likeness (QED) is 0.602. The molecule has 4 aromatic rings. The van der Waals surface area contributed by atoms with E-state index in [1.54, 1.807) is 22.8 Å². The molecule has 7 heteroatoms. The van der Waals surface area contributed by atoms with Gasteiger partial charge in [0.2, 0.25) is 5.82 Å². The number of hydrogen-bond acceptors (Lipinski definition) is 3. The maximum atomic E-state index is 6.25. The summed E-state index contributed by atoms with van der Waals surface area (Å²) < 4.78 is 1.78. The lowest BCUT2D eigenvalue weighted by Gasteiger charge is -2.02. The van der Waals surface area contributed by atoms with Gasteiger partial charge in [-0.3, -0.25) is 10.1 Å². The Morgan fingerprint density at radius 1 is 1.00 bits per heavy atom. The van der Waals surface area contributed by atoms with E-state index in [1.807, 2.05) is 30.3 Å². The molecule has 0 amide bonds. The molecule has 0 atom stereocenters. The fraction of sp³-hybridized carbons (Fsp3) is 0. The van der Waals surface area contributed by atoms with Crippen molar-refractivity contribution in [1.29, 1.82) is 0 Å². The van der Waals surface area contributed by atoms with Gasteiger partial charge in [-0.25, -0.2) is 4.52 Å². The molecule has 108 valence electrons. The van der Waals surface area contributed by atoms with Crippen molar-refractivity contribution < 1.29 is 0 Å². The number of nitrogens with zero attached hydrogens (tertiary/aromatic N) is 4. The van der Waals surface area contributed by atoms with Crippen LogP contribution in [0.25, 0.3) is 28.4 Å². The highest BCUT2D eigenvalue weighted by atomic mass is 35.5. The van der Waals surface area contributed by atoms with Crippen molar-refractivity contribution in [3.05, 3.63) is 58.7 Å². The first-order valence-electron chi connectivity index (χ1n) is 6.53. The number of hydrogen-bond donors (Lipinski definition) is 1. The molecule has 0 aliphatic heterocycles. The van der Waals surface area contributed by atoms with E-state index in [2.05, 4.69) is 20.3 Å². The van der Waals surface area contributed by atoms with Crippen LogP contribution >= 0.6 is 23.2 Å². The lowest BCUT2D eigenvalue weighted by molar-refractivity contribution is 0.961. The Morgan fingerprint density at radius 2 is 1.91 bits per heavy atom. The van der Waals surface area contributed by atoms with E-state index in [0.29, 0.717) is 21.5 Å². The Bertz CT molecular complexity index is 959. The number of nitrogens with one attached hydrogen (secondary N) is 1. The molecule has 0 bridgehead atoms. The number of fused-ring (bicyclic) bond motifs is 1. The van der Waals surface area contributed by atoms with Crippen molar-refractivity contribution in [2.75, 3.05) is 0 Å². The largest absolute Gasteiger partial charge is 0.290 e. The SMILES string of the molecule is Clc1ccc(-c2cc3nnc(-c4ccccn4)n3[nH]2)c(Cl)c1. The predicted molar refractivity (Wildman–Crippen MR) is 86.0 cm³/mol. The van der Waals surface area contributed by atoms with Crippen molar-refractivity contribution in [1.82, 2.24) is 24.8 Å². The molecule has 3 heterocycles. The van der Waals surface area contributed by atoms with Gasteiger partial charge in [0.15, 0.2) is 5.65 Å². The number of H-pyrrole nitrogens is 1. The molecule has 1 N–H and O–H groups in total. The van der Waals surface area contributed by atoms with E-state index < -0.39 is 0 Å². The van der Waals surface area contributed by atoms with Gasteiger partial charge in [0.05, 0.1) is 10.7 Å². The summed E-state index contributed by atoms with van der Waals surface area (Å²) in [5.41, 5.74) is 3.12. The topological polar surface area (TPSA) is 58.9 Å². The summed E-state index contributed by atoms with van der Waals surface area (Å²) in [4.78, 5) is 4.30. The highest BCUT2D eigenvalue weighted by Gasteiger charge is 2.14. The number of aromatic amines is 1. The van der Waals surface area contributed by atoms with Gasteiger partial charge in [-0.1, -0.05) is 29.3 Å². The summed E-state index contributed by atoms with van der Waals surface area (Å²) in [6.07, 6.45) is 1.72. The molecule has 4 rings (SSSR count). The van der Waals surface area contributed by atoms with E-state index in [1.165, 1.54) is 0 Å². The van der Waals surface area contributed by atoms with Crippen LogP contribution < -0.4 is 0 Å². The lowest BCUT2D eigenvalue weighted by Crippen LogP contribution is -1.92. The molecule has 1 aromatic carbocycles. The van der Waals surface area contributed by atoms with Crippen molar-refractivity contribution in [3.8, 4) is 22.8 Å². The Hall–Kier alpha value is -2.37. The fourth-order valence-electron chi connectivity index (χ4n) is 2.29. The van der Waals surface area contributed by atoms with Crippen LogP contribution in [0.4, 0.5) is 0 Å². The molecule has 3 aromatic heterocycles. The van der Waals surface area contributed by atoms with Gasteiger partial charge < -0.3 is 0 Å². The van der Waals surface area contributed by atoms with E-state index in [9.17, 15) is 0 Å². The van der Waals surface area contributed by atoms with Crippen LogP contribution in [0.1, 0.15) is 0 Å². The molecule has 0 saturated heterocycles. The number of benzene rings is 1. The zero-order chi connectivity index (χ0) is 15.1. The van der Waals surface area contributed by atoms with Crippen molar-refractivity contribution >= 4 is 28.8 Å². The smallest absolute Gasteiger partial charge is 0.201 e. The second kappa shape index (κ2) is 5.12. The molecule has 22 heavy (non-hydrogen) atoms. The Labute approximate surface area is 135 Å². The van der Waals surface area contributed by atoms with E-state index in [-0.39, 0.29) is 0 Å². The van der Waals surface area contributed by atoms with E-state index in [4.69, 9.17) is 23.2 Å². The Balaban J connectivity index is 1.87. The van der Waals surface area contributed by atoms with Gasteiger partial charge in [0, 0.05) is 22.8 Å². The minimum absolute atomic E-state index is 0.573. The summed E-state index contributed by atoms with van der Waals surface area (Å²) in [5, 5.41) is 12.7. The molecular weight excluding hydrogens is 321 g/mol. The summed E-state index contributed by atoms with van der Waals surface area (Å²) in [7, 11) is 0. The molecule has 0 radical (unpaired) electrons. The first-order valence-corrected chi connectivity index (χ1v) is 7.29. The second-order valence-corrected chi connectivity index (χ2v) is 5.57.